The van der Waals surface area contributed by atoms with E-state index in [4.69, 9.17) is 4.74 Å². The molecule has 2 saturated heterocycles. The van der Waals surface area contributed by atoms with Crippen molar-refractivity contribution >= 4 is 12.0 Å². The van der Waals surface area contributed by atoms with Crippen LogP contribution in [-0.2, 0) is 22.6 Å². The van der Waals surface area contributed by atoms with Gasteiger partial charge in [-0.2, -0.15) is 0 Å². The van der Waals surface area contributed by atoms with Crippen LogP contribution in [0.3, 0.4) is 0 Å². The summed E-state index contributed by atoms with van der Waals surface area (Å²) < 4.78 is 5.23. The lowest BCUT2D eigenvalue weighted by molar-refractivity contribution is -0.141. The Balaban J connectivity index is 1.60. The second-order valence-electron chi connectivity index (χ2n) is 6.15. The molecule has 2 fully saturated rings. The Kier molecular flexibility index (Phi) is 3.69. The summed E-state index contributed by atoms with van der Waals surface area (Å²) in [6, 6.07) is 18.7. The van der Waals surface area contributed by atoms with Crippen molar-refractivity contribution in [2.45, 2.75) is 25.2 Å². The summed E-state index contributed by atoms with van der Waals surface area (Å²) in [5, 5.41) is 0. The van der Waals surface area contributed by atoms with Gasteiger partial charge in [-0.15, -0.1) is 0 Å². The first kappa shape index (κ1) is 14.8. The lowest BCUT2D eigenvalue weighted by Gasteiger charge is -2.22. The van der Waals surface area contributed by atoms with Gasteiger partial charge in [0.1, 0.15) is 6.61 Å². The van der Waals surface area contributed by atoms with Gasteiger partial charge in [-0.05, 0) is 11.1 Å². The minimum Gasteiger partial charge on any atom is -0.462 e. The quantitative estimate of drug-likeness (QED) is 0.812. The summed E-state index contributed by atoms with van der Waals surface area (Å²) in [6.07, 6.45) is 0. The molecular weight excluding hydrogens is 304 g/mol. The number of fused-ring (bicyclic) bond motifs is 1. The van der Waals surface area contributed by atoms with Gasteiger partial charge < -0.3 is 14.5 Å². The summed E-state index contributed by atoms with van der Waals surface area (Å²) in [4.78, 5) is 28.5. The van der Waals surface area contributed by atoms with E-state index in [1.807, 2.05) is 60.7 Å². The zero-order valence-electron chi connectivity index (χ0n) is 13.2. The Labute approximate surface area is 140 Å². The first-order valence-electron chi connectivity index (χ1n) is 8.06. The first-order valence-corrected chi connectivity index (χ1v) is 8.06. The van der Waals surface area contributed by atoms with Gasteiger partial charge in [-0.3, -0.25) is 0 Å². The van der Waals surface area contributed by atoms with Gasteiger partial charge >= 0.3 is 12.0 Å². The van der Waals surface area contributed by atoms with Crippen LogP contribution in [0.1, 0.15) is 11.1 Å². The number of rotatable bonds is 4. The third-order valence-electron chi connectivity index (χ3n) is 4.62. The maximum Gasteiger partial charge on any atom is 0.331 e. The molecule has 4 rings (SSSR count). The molecule has 0 spiro atoms. The lowest BCUT2D eigenvalue weighted by Crippen LogP contribution is -2.38. The molecule has 0 unspecified atom stereocenters. The van der Waals surface area contributed by atoms with Crippen LogP contribution in [0.15, 0.2) is 60.7 Å². The number of benzene rings is 2. The summed E-state index contributed by atoms with van der Waals surface area (Å²) in [6.45, 7) is 1.18. The number of carbonyl (C=O) groups is 2. The number of ether oxygens (including phenoxy) is 1. The molecule has 2 heterocycles. The molecule has 0 aromatic heterocycles. The molecule has 122 valence electrons. The minimum atomic E-state index is -0.513. The van der Waals surface area contributed by atoms with Gasteiger partial charge in [0.25, 0.3) is 0 Å². The van der Waals surface area contributed by atoms with Gasteiger partial charge in [-0.25, -0.2) is 9.59 Å². The van der Waals surface area contributed by atoms with E-state index in [2.05, 4.69) is 0 Å². The molecule has 2 aliphatic rings. The Morgan fingerprint density at radius 3 is 1.96 bits per heavy atom. The summed E-state index contributed by atoms with van der Waals surface area (Å²) in [5.41, 5.74) is 2.05. The normalized spacial score (nSPS) is 22.7. The third kappa shape index (κ3) is 2.52. The molecule has 0 saturated carbocycles. The average molecular weight is 322 g/mol. The zero-order valence-corrected chi connectivity index (χ0v) is 13.2. The van der Waals surface area contributed by atoms with Gasteiger partial charge in [0.05, 0.1) is 6.04 Å². The van der Waals surface area contributed by atoms with Crippen molar-refractivity contribution in [3.8, 4) is 0 Å². The molecular formula is C19H18N2O3. The number of esters is 1. The molecule has 2 aliphatic heterocycles. The van der Waals surface area contributed by atoms with Crippen LogP contribution in [0.25, 0.3) is 0 Å². The number of amides is 2. The van der Waals surface area contributed by atoms with E-state index in [-0.39, 0.29) is 24.6 Å². The van der Waals surface area contributed by atoms with Crippen molar-refractivity contribution in [2.24, 2.45) is 0 Å². The molecule has 24 heavy (non-hydrogen) atoms. The molecule has 2 amide bonds. The van der Waals surface area contributed by atoms with E-state index in [1.54, 1.807) is 9.80 Å². The second-order valence-corrected chi connectivity index (χ2v) is 6.15. The smallest absolute Gasteiger partial charge is 0.331 e. The zero-order chi connectivity index (χ0) is 16.5. The predicted octanol–water partition coefficient (Wildman–Crippen LogP) is 2.42. The Bertz CT molecular complexity index is 748. The number of cyclic esters (lactones) is 1. The van der Waals surface area contributed by atoms with E-state index in [9.17, 15) is 9.59 Å². The van der Waals surface area contributed by atoms with Crippen LogP contribution < -0.4 is 0 Å². The number of nitrogens with zero attached hydrogens (tertiary/aromatic N) is 2. The molecule has 5 nitrogen and oxygen atoms in total. The van der Waals surface area contributed by atoms with Crippen molar-refractivity contribution in [1.29, 1.82) is 0 Å². The number of carbonyl (C=O) groups excluding carboxylic acids is 2. The van der Waals surface area contributed by atoms with Crippen molar-refractivity contribution in [1.82, 2.24) is 9.80 Å². The highest BCUT2D eigenvalue weighted by atomic mass is 16.5. The molecule has 0 bridgehead atoms. The van der Waals surface area contributed by atoms with Crippen LogP contribution in [-0.4, -0.2) is 40.5 Å². The summed E-state index contributed by atoms with van der Waals surface area (Å²) in [7, 11) is 0. The largest absolute Gasteiger partial charge is 0.462 e. The van der Waals surface area contributed by atoms with E-state index in [1.165, 1.54) is 0 Å². The number of hydrogen-bond donors (Lipinski definition) is 0. The molecule has 0 radical (unpaired) electrons. The molecule has 0 N–H and O–H groups in total. The summed E-state index contributed by atoms with van der Waals surface area (Å²) in [5.74, 6) is -0.306. The van der Waals surface area contributed by atoms with Crippen molar-refractivity contribution in [3.63, 3.8) is 0 Å². The Hall–Kier alpha value is -2.82. The van der Waals surface area contributed by atoms with Crippen molar-refractivity contribution in [3.05, 3.63) is 71.8 Å². The number of hydrogen-bond acceptors (Lipinski definition) is 3. The van der Waals surface area contributed by atoms with E-state index in [0.717, 1.165) is 11.1 Å². The van der Waals surface area contributed by atoms with Gasteiger partial charge in [0.2, 0.25) is 0 Å². The van der Waals surface area contributed by atoms with Crippen LogP contribution in [0.4, 0.5) is 4.79 Å². The van der Waals surface area contributed by atoms with Crippen LogP contribution in [0, 0.1) is 0 Å². The minimum absolute atomic E-state index is 0.102. The van der Waals surface area contributed by atoms with E-state index >= 15 is 0 Å². The highest BCUT2D eigenvalue weighted by Crippen LogP contribution is 2.31. The van der Waals surface area contributed by atoms with Crippen molar-refractivity contribution < 1.29 is 14.3 Å². The SMILES string of the molecule is O=C1OC[C@@H]2[C@@H]1N(Cc1ccccc1)C(=O)N2Cc1ccccc1. The number of urea groups is 1. The maximum atomic E-state index is 12.9. The standard InChI is InChI=1S/C19H18N2O3/c22-18-17-16(13-24-18)20(11-14-7-3-1-4-8-14)19(23)21(17)12-15-9-5-2-6-10-15/h1-10,16-17H,11-13H2/t16-,17+/m1/s1. The third-order valence-corrected chi connectivity index (χ3v) is 4.62. The monoisotopic (exact) mass is 322 g/mol. The van der Waals surface area contributed by atoms with E-state index in [0.29, 0.717) is 13.1 Å². The molecule has 2 aromatic rings. The topological polar surface area (TPSA) is 49.9 Å². The predicted molar refractivity (Wildman–Crippen MR) is 87.9 cm³/mol. The average Bonchev–Trinajstić information content (AvgIpc) is 3.11. The van der Waals surface area contributed by atoms with Crippen molar-refractivity contribution in [2.75, 3.05) is 6.61 Å². The summed E-state index contributed by atoms with van der Waals surface area (Å²) >= 11 is 0. The Morgan fingerprint density at radius 1 is 0.833 bits per heavy atom. The highest BCUT2D eigenvalue weighted by Gasteiger charge is 2.54. The first-order chi connectivity index (χ1) is 11.7. The van der Waals surface area contributed by atoms with Crippen LogP contribution >= 0.6 is 0 Å². The molecule has 5 heteroatoms. The van der Waals surface area contributed by atoms with Gasteiger partial charge in [0, 0.05) is 13.1 Å². The van der Waals surface area contributed by atoms with Crippen LogP contribution in [0.2, 0.25) is 0 Å². The van der Waals surface area contributed by atoms with Gasteiger partial charge in [-0.1, -0.05) is 60.7 Å². The molecule has 0 aliphatic carbocycles. The Morgan fingerprint density at radius 2 is 1.38 bits per heavy atom. The maximum absolute atomic E-state index is 12.9. The van der Waals surface area contributed by atoms with Crippen LogP contribution in [0.5, 0.6) is 0 Å². The fraction of sp³-hybridized carbons (Fsp3) is 0.263. The molecule has 2 aromatic carbocycles. The van der Waals surface area contributed by atoms with Gasteiger partial charge in [0.15, 0.2) is 6.04 Å². The molecule has 2 atom stereocenters. The van der Waals surface area contributed by atoms with E-state index < -0.39 is 6.04 Å². The fourth-order valence-corrected chi connectivity index (χ4v) is 3.43. The fourth-order valence-electron chi connectivity index (χ4n) is 3.43. The lowest BCUT2D eigenvalue weighted by atomic mass is 10.1. The highest BCUT2D eigenvalue weighted by molar-refractivity contribution is 5.90. The second kappa shape index (κ2) is 6.00.